The van der Waals surface area contributed by atoms with Gasteiger partial charge >= 0.3 is 0 Å². The van der Waals surface area contributed by atoms with Crippen LogP contribution >= 0.6 is 0 Å². The molecule has 28 heavy (non-hydrogen) atoms. The van der Waals surface area contributed by atoms with Gasteiger partial charge < -0.3 is 19.9 Å². The van der Waals surface area contributed by atoms with Gasteiger partial charge in [-0.3, -0.25) is 4.79 Å². The average molecular weight is 394 g/mol. The molecule has 1 rings (SSSR count). The molecule has 1 unspecified atom stereocenters. The minimum Gasteiger partial charge on any atom is -0.490 e. The Morgan fingerprint density at radius 2 is 1.89 bits per heavy atom. The van der Waals surface area contributed by atoms with Crippen LogP contribution in [0.2, 0.25) is 0 Å². The molecule has 0 fully saturated rings. The van der Waals surface area contributed by atoms with Crippen molar-refractivity contribution in [3.05, 3.63) is 29.3 Å². The first-order chi connectivity index (χ1) is 13.4. The standard InChI is InChI=1S/C23H39NO4/c1-5-6-7-8-9-12-27-16-21-13-20(19(4)25)10-11-23(21)28-17-22(26)15-24-14-18(2)3/h10-11,13,18,22,24,26H,5-9,12,14-17H2,1-4H3. The van der Waals surface area contributed by atoms with Crippen LogP contribution in [-0.4, -0.2) is 43.3 Å². The molecular formula is C23H39NO4. The van der Waals surface area contributed by atoms with Crippen molar-refractivity contribution < 1.29 is 19.4 Å². The van der Waals surface area contributed by atoms with Crippen molar-refractivity contribution in [3.8, 4) is 5.75 Å². The zero-order chi connectivity index (χ0) is 20.8. The number of benzene rings is 1. The van der Waals surface area contributed by atoms with Crippen LogP contribution in [0.1, 0.15) is 75.7 Å². The van der Waals surface area contributed by atoms with Crippen LogP contribution < -0.4 is 10.1 Å². The molecule has 5 heteroatoms. The summed E-state index contributed by atoms with van der Waals surface area (Å²) in [6.45, 7) is 10.7. The summed E-state index contributed by atoms with van der Waals surface area (Å²) in [6, 6.07) is 5.39. The summed E-state index contributed by atoms with van der Waals surface area (Å²) in [6.07, 6.45) is 5.39. The van der Waals surface area contributed by atoms with Crippen LogP contribution in [0.3, 0.4) is 0 Å². The van der Waals surface area contributed by atoms with Gasteiger partial charge in [-0.05, 0) is 44.0 Å². The summed E-state index contributed by atoms with van der Waals surface area (Å²) in [5.74, 6) is 1.22. The third-order valence-electron chi connectivity index (χ3n) is 4.48. The van der Waals surface area contributed by atoms with E-state index in [2.05, 4.69) is 26.1 Å². The van der Waals surface area contributed by atoms with E-state index in [1.807, 2.05) is 6.07 Å². The maximum atomic E-state index is 11.7. The summed E-state index contributed by atoms with van der Waals surface area (Å²) in [7, 11) is 0. The van der Waals surface area contributed by atoms with Gasteiger partial charge in [-0.25, -0.2) is 0 Å². The molecule has 0 bridgehead atoms. The molecule has 160 valence electrons. The van der Waals surface area contributed by atoms with Gasteiger partial charge in [0.2, 0.25) is 0 Å². The highest BCUT2D eigenvalue weighted by Gasteiger charge is 2.11. The number of hydrogen-bond acceptors (Lipinski definition) is 5. The molecule has 0 radical (unpaired) electrons. The van der Waals surface area contributed by atoms with Crippen LogP contribution in [0.4, 0.5) is 0 Å². The number of hydrogen-bond donors (Lipinski definition) is 2. The normalized spacial score (nSPS) is 12.4. The van der Waals surface area contributed by atoms with Gasteiger partial charge in [0.1, 0.15) is 18.5 Å². The largest absolute Gasteiger partial charge is 0.490 e. The summed E-state index contributed by atoms with van der Waals surface area (Å²) in [5, 5.41) is 13.3. The highest BCUT2D eigenvalue weighted by molar-refractivity contribution is 5.94. The Morgan fingerprint density at radius 3 is 2.57 bits per heavy atom. The molecule has 1 aromatic rings. The zero-order valence-corrected chi connectivity index (χ0v) is 18.1. The fourth-order valence-electron chi connectivity index (χ4n) is 2.83. The van der Waals surface area contributed by atoms with Crippen LogP contribution in [-0.2, 0) is 11.3 Å². The van der Waals surface area contributed by atoms with Crippen molar-refractivity contribution in [2.75, 3.05) is 26.3 Å². The molecule has 0 saturated carbocycles. The Morgan fingerprint density at radius 1 is 1.14 bits per heavy atom. The number of ether oxygens (including phenoxy) is 2. The average Bonchev–Trinajstić information content (AvgIpc) is 2.65. The second-order valence-corrected chi connectivity index (χ2v) is 7.86. The molecule has 1 atom stereocenters. The lowest BCUT2D eigenvalue weighted by atomic mass is 10.1. The second-order valence-electron chi connectivity index (χ2n) is 7.86. The maximum Gasteiger partial charge on any atom is 0.159 e. The minimum atomic E-state index is -0.585. The Kier molecular flexibility index (Phi) is 12.8. The first kappa shape index (κ1) is 24.6. The van der Waals surface area contributed by atoms with Crippen molar-refractivity contribution in [3.63, 3.8) is 0 Å². The van der Waals surface area contributed by atoms with Gasteiger partial charge in [0.25, 0.3) is 0 Å². The molecule has 2 N–H and O–H groups in total. The van der Waals surface area contributed by atoms with Crippen molar-refractivity contribution >= 4 is 5.78 Å². The molecule has 0 aliphatic carbocycles. The topological polar surface area (TPSA) is 67.8 Å². The SMILES string of the molecule is CCCCCCCOCc1cc(C(C)=O)ccc1OCC(O)CNCC(C)C. The highest BCUT2D eigenvalue weighted by atomic mass is 16.5. The number of aliphatic hydroxyl groups excluding tert-OH is 1. The van der Waals surface area contributed by atoms with Crippen LogP contribution in [0.25, 0.3) is 0 Å². The summed E-state index contributed by atoms with van der Waals surface area (Å²) in [4.78, 5) is 11.7. The summed E-state index contributed by atoms with van der Waals surface area (Å²) >= 11 is 0. The predicted octanol–water partition coefficient (Wildman–Crippen LogP) is 4.36. The second kappa shape index (κ2) is 14.6. The number of carbonyl (C=O) groups excluding carboxylic acids is 1. The van der Waals surface area contributed by atoms with Gasteiger partial charge in [0.05, 0.1) is 6.61 Å². The number of ketones is 1. The first-order valence-corrected chi connectivity index (χ1v) is 10.7. The van der Waals surface area contributed by atoms with E-state index in [1.165, 1.54) is 25.7 Å². The quantitative estimate of drug-likeness (QED) is 0.323. The predicted molar refractivity (Wildman–Crippen MR) is 114 cm³/mol. The number of aliphatic hydroxyl groups is 1. The lowest BCUT2D eigenvalue weighted by Gasteiger charge is -2.17. The van der Waals surface area contributed by atoms with Gasteiger partial charge in [0.15, 0.2) is 5.78 Å². The highest BCUT2D eigenvalue weighted by Crippen LogP contribution is 2.22. The molecule has 0 saturated heterocycles. The lowest BCUT2D eigenvalue weighted by Crippen LogP contribution is -2.33. The van der Waals surface area contributed by atoms with Crippen LogP contribution in [0.5, 0.6) is 5.75 Å². The Hall–Kier alpha value is -1.43. The van der Waals surface area contributed by atoms with Gasteiger partial charge in [-0.2, -0.15) is 0 Å². The molecule has 5 nitrogen and oxygen atoms in total. The molecule has 0 aromatic heterocycles. The van der Waals surface area contributed by atoms with Gasteiger partial charge in [0, 0.05) is 24.3 Å². The lowest BCUT2D eigenvalue weighted by molar-refractivity contribution is 0.0960. The molecule has 1 aromatic carbocycles. The molecule has 0 aliphatic heterocycles. The monoisotopic (exact) mass is 393 g/mol. The molecule has 0 heterocycles. The van der Waals surface area contributed by atoms with Crippen LogP contribution in [0, 0.1) is 5.92 Å². The Labute approximate surface area is 170 Å². The van der Waals surface area contributed by atoms with E-state index in [1.54, 1.807) is 19.1 Å². The molecule has 0 aliphatic rings. The Balaban J connectivity index is 2.53. The van der Waals surface area contributed by atoms with E-state index in [-0.39, 0.29) is 12.4 Å². The van der Waals surface area contributed by atoms with Gasteiger partial charge in [-0.15, -0.1) is 0 Å². The van der Waals surface area contributed by atoms with E-state index < -0.39 is 6.10 Å². The fourth-order valence-corrected chi connectivity index (χ4v) is 2.83. The van der Waals surface area contributed by atoms with Crippen molar-refractivity contribution in [2.45, 2.75) is 72.5 Å². The number of unbranched alkanes of at least 4 members (excludes halogenated alkanes) is 4. The van der Waals surface area contributed by atoms with E-state index in [0.29, 0.717) is 37.0 Å². The van der Waals surface area contributed by atoms with Crippen LogP contribution in [0.15, 0.2) is 18.2 Å². The number of nitrogens with one attached hydrogen (secondary N) is 1. The van der Waals surface area contributed by atoms with E-state index >= 15 is 0 Å². The Bertz CT molecular complexity index is 560. The minimum absolute atomic E-state index is 0.0188. The summed E-state index contributed by atoms with van der Waals surface area (Å²) < 4.78 is 11.6. The molecule has 0 amide bonds. The van der Waals surface area contributed by atoms with E-state index in [4.69, 9.17) is 9.47 Å². The number of rotatable bonds is 16. The maximum absolute atomic E-state index is 11.7. The number of Topliss-reactive ketones (excluding diaryl/α,β-unsaturated/α-hetero) is 1. The third-order valence-corrected chi connectivity index (χ3v) is 4.48. The molecule has 0 spiro atoms. The molecular weight excluding hydrogens is 354 g/mol. The van der Waals surface area contributed by atoms with Crippen molar-refractivity contribution in [1.82, 2.24) is 5.32 Å². The van der Waals surface area contributed by atoms with E-state index in [0.717, 1.165) is 18.5 Å². The van der Waals surface area contributed by atoms with Crippen molar-refractivity contribution in [1.29, 1.82) is 0 Å². The number of carbonyl (C=O) groups is 1. The van der Waals surface area contributed by atoms with Crippen molar-refractivity contribution in [2.24, 2.45) is 5.92 Å². The summed E-state index contributed by atoms with van der Waals surface area (Å²) in [5.41, 5.74) is 1.50. The van der Waals surface area contributed by atoms with E-state index in [9.17, 15) is 9.90 Å². The first-order valence-electron chi connectivity index (χ1n) is 10.7. The third kappa shape index (κ3) is 10.8. The fraction of sp³-hybridized carbons (Fsp3) is 0.696. The zero-order valence-electron chi connectivity index (χ0n) is 18.1. The smallest absolute Gasteiger partial charge is 0.159 e. The van der Waals surface area contributed by atoms with Gasteiger partial charge in [-0.1, -0.05) is 46.5 Å².